The Balaban J connectivity index is 1.29. The van der Waals surface area contributed by atoms with Crippen LogP contribution in [-0.2, 0) is 4.79 Å². The van der Waals surface area contributed by atoms with Gasteiger partial charge in [-0.05, 0) is 37.8 Å². The first-order chi connectivity index (χ1) is 13.8. The molecule has 0 unspecified atom stereocenters. The minimum Gasteiger partial charge on any atom is -0.450 e. The summed E-state index contributed by atoms with van der Waals surface area (Å²) in [4.78, 5) is 23.8. The molecule has 1 saturated carbocycles. The van der Waals surface area contributed by atoms with Crippen molar-refractivity contribution in [3.05, 3.63) is 30.6 Å². The van der Waals surface area contributed by atoms with Gasteiger partial charge >= 0.3 is 0 Å². The third-order valence-electron chi connectivity index (χ3n) is 6.26. The number of nitrogens with zero attached hydrogens (tertiary/aromatic N) is 3. The van der Waals surface area contributed by atoms with Crippen LogP contribution in [0.25, 0.3) is 22.1 Å². The fourth-order valence-corrected chi connectivity index (χ4v) is 4.66. The predicted octanol–water partition coefficient (Wildman–Crippen LogP) is 4.04. The van der Waals surface area contributed by atoms with Gasteiger partial charge in [-0.25, -0.2) is 9.97 Å². The number of nitrogens with one attached hydrogen (secondary N) is 1. The van der Waals surface area contributed by atoms with Gasteiger partial charge in [-0.1, -0.05) is 31.4 Å². The molecular formula is C22H26N4O2. The highest BCUT2D eigenvalue weighted by Crippen LogP contribution is 2.33. The second-order valence-electron chi connectivity index (χ2n) is 8.08. The molecule has 6 nitrogen and oxygen atoms in total. The van der Waals surface area contributed by atoms with Crippen molar-refractivity contribution in [3.63, 3.8) is 0 Å². The van der Waals surface area contributed by atoms with Crippen LogP contribution in [0.2, 0.25) is 0 Å². The van der Waals surface area contributed by atoms with Gasteiger partial charge in [-0.3, -0.25) is 4.79 Å². The number of amides is 1. The van der Waals surface area contributed by atoms with Crippen LogP contribution in [-0.4, -0.2) is 35.0 Å². The lowest BCUT2D eigenvalue weighted by Gasteiger charge is -2.33. The molecule has 0 bridgehead atoms. The van der Waals surface area contributed by atoms with E-state index in [0.717, 1.165) is 66.7 Å². The van der Waals surface area contributed by atoms with Crippen LogP contribution in [0.4, 0.5) is 5.82 Å². The molecular weight excluding hydrogens is 352 g/mol. The molecule has 6 heteroatoms. The summed E-state index contributed by atoms with van der Waals surface area (Å²) >= 11 is 0. The molecule has 1 aromatic carbocycles. The average molecular weight is 378 g/mol. The molecule has 3 aromatic rings. The second-order valence-corrected chi connectivity index (χ2v) is 8.08. The summed E-state index contributed by atoms with van der Waals surface area (Å²) in [7, 11) is 0. The van der Waals surface area contributed by atoms with Gasteiger partial charge in [0.2, 0.25) is 5.91 Å². The van der Waals surface area contributed by atoms with Gasteiger partial charge in [0.25, 0.3) is 0 Å². The van der Waals surface area contributed by atoms with Gasteiger partial charge in [0.05, 0.1) is 0 Å². The highest BCUT2D eigenvalue weighted by atomic mass is 16.3. The van der Waals surface area contributed by atoms with Gasteiger partial charge in [0.1, 0.15) is 17.4 Å². The Morgan fingerprint density at radius 1 is 1.04 bits per heavy atom. The smallest absolute Gasteiger partial charge is 0.223 e. The summed E-state index contributed by atoms with van der Waals surface area (Å²) in [5, 5.41) is 4.31. The molecule has 1 saturated heterocycles. The molecule has 0 spiro atoms. The molecule has 28 heavy (non-hydrogen) atoms. The lowest BCUT2D eigenvalue weighted by atomic mass is 9.92. The number of para-hydroxylation sites is 1. The molecule has 146 valence electrons. The van der Waals surface area contributed by atoms with Gasteiger partial charge in [-0.15, -0.1) is 0 Å². The molecule has 2 aliphatic rings. The number of piperidine rings is 1. The SMILES string of the molecule is O=C(NC1CCCCC1)C1CCN(c2ncnc3c2oc2ccccc23)CC1. The first-order valence-electron chi connectivity index (χ1n) is 10.5. The van der Waals surface area contributed by atoms with Gasteiger partial charge in [0, 0.05) is 30.4 Å². The van der Waals surface area contributed by atoms with E-state index in [1.165, 1.54) is 19.3 Å². The zero-order chi connectivity index (χ0) is 18.9. The number of benzene rings is 1. The maximum atomic E-state index is 12.7. The highest BCUT2D eigenvalue weighted by molar-refractivity contribution is 6.05. The van der Waals surface area contributed by atoms with Crippen LogP contribution in [0.1, 0.15) is 44.9 Å². The Kier molecular flexibility index (Phi) is 4.63. The molecule has 3 heterocycles. The lowest BCUT2D eigenvalue weighted by molar-refractivity contribution is -0.126. The number of furan rings is 1. The minimum atomic E-state index is 0.103. The van der Waals surface area contributed by atoms with E-state index in [4.69, 9.17) is 4.42 Å². The summed E-state index contributed by atoms with van der Waals surface area (Å²) < 4.78 is 6.07. The standard InChI is InChI=1S/C22H26N4O2/c27-22(25-16-6-2-1-3-7-16)15-10-12-26(13-11-15)21-20-19(23-14-24-21)17-8-4-5-9-18(17)28-20/h4-5,8-9,14-16H,1-3,6-7,10-13H2,(H,25,27). The van der Waals surface area contributed by atoms with Crippen molar-refractivity contribution in [1.29, 1.82) is 0 Å². The lowest BCUT2D eigenvalue weighted by Crippen LogP contribution is -2.44. The van der Waals surface area contributed by atoms with Crippen molar-refractivity contribution in [2.75, 3.05) is 18.0 Å². The van der Waals surface area contributed by atoms with E-state index in [2.05, 4.69) is 20.2 Å². The van der Waals surface area contributed by atoms with E-state index in [9.17, 15) is 4.79 Å². The predicted molar refractivity (Wildman–Crippen MR) is 109 cm³/mol. The Bertz CT molecular complexity index is 985. The van der Waals surface area contributed by atoms with Gasteiger partial charge < -0.3 is 14.6 Å². The first-order valence-corrected chi connectivity index (χ1v) is 10.5. The molecule has 1 aliphatic heterocycles. The maximum absolute atomic E-state index is 12.7. The fourth-order valence-electron chi connectivity index (χ4n) is 4.66. The Hall–Kier alpha value is -2.63. The third kappa shape index (κ3) is 3.21. The second kappa shape index (κ2) is 7.41. The zero-order valence-corrected chi connectivity index (χ0v) is 16.1. The molecule has 0 atom stereocenters. The summed E-state index contributed by atoms with van der Waals surface area (Å²) in [6, 6.07) is 8.34. The van der Waals surface area contributed by atoms with Crippen LogP contribution < -0.4 is 10.2 Å². The topological polar surface area (TPSA) is 71.3 Å². The Labute approximate surface area is 164 Å². The molecule has 1 amide bonds. The van der Waals surface area contributed by atoms with E-state index in [-0.39, 0.29) is 11.8 Å². The largest absolute Gasteiger partial charge is 0.450 e. The molecule has 1 aliphatic carbocycles. The van der Waals surface area contributed by atoms with Crippen molar-refractivity contribution in [3.8, 4) is 0 Å². The number of rotatable bonds is 3. The Morgan fingerprint density at radius 2 is 1.82 bits per heavy atom. The number of hydrogen-bond acceptors (Lipinski definition) is 5. The van der Waals surface area contributed by atoms with Crippen molar-refractivity contribution in [2.24, 2.45) is 5.92 Å². The minimum absolute atomic E-state index is 0.103. The normalized spacial score (nSPS) is 19.4. The van der Waals surface area contributed by atoms with Crippen LogP contribution >= 0.6 is 0 Å². The molecule has 2 fully saturated rings. The summed E-state index contributed by atoms with van der Waals surface area (Å²) in [6.45, 7) is 1.62. The summed E-state index contributed by atoms with van der Waals surface area (Å²) in [6.07, 6.45) is 9.37. The zero-order valence-electron chi connectivity index (χ0n) is 16.1. The number of carbonyl (C=O) groups excluding carboxylic acids is 1. The van der Waals surface area contributed by atoms with E-state index in [1.807, 2.05) is 24.3 Å². The van der Waals surface area contributed by atoms with E-state index >= 15 is 0 Å². The third-order valence-corrected chi connectivity index (χ3v) is 6.26. The van der Waals surface area contributed by atoms with Crippen molar-refractivity contribution < 1.29 is 9.21 Å². The van der Waals surface area contributed by atoms with Gasteiger partial charge in [0.15, 0.2) is 11.4 Å². The van der Waals surface area contributed by atoms with Crippen molar-refractivity contribution in [2.45, 2.75) is 51.0 Å². The highest BCUT2D eigenvalue weighted by Gasteiger charge is 2.29. The molecule has 1 N–H and O–H groups in total. The number of carbonyl (C=O) groups is 1. The van der Waals surface area contributed by atoms with Gasteiger partial charge in [-0.2, -0.15) is 0 Å². The quantitative estimate of drug-likeness (QED) is 0.745. The van der Waals surface area contributed by atoms with E-state index < -0.39 is 0 Å². The maximum Gasteiger partial charge on any atom is 0.223 e. The monoisotopic (exact) mass is 378 g/mol. The van der Waals surface area contributed by atoms with Crippen LogP contribution in [0, 0.1) is 5.92 Å². The van der Waals surface area contributed by atoms with E-state index in [0.29, 0.717) is 6.04 Å². The fraction of sp³-hybridized carbons (Fsp3) is 0.500. The van der Waals surface area contributed by atoms with Crippen molar-refractivity contribution in [1.82, 2.24) is 15.3 Å². The van der Waals surface area contributed by atoms with Crippen molar-refractivity contribution >= 4 is 33.8 Å². The summed E-state index contributed by atoms with van der Waals surface area (Å²) in [5.74, 6) is 1.18. The van der Waals surface area contributed by atoms with Crippen LogP contribution in [0.5, 0.6) is 0 Å². The number of aromatic nitrogens is 2. The van der Waals surface area contributed by atoms with E-state index in [1.54, 1.807) is 6.33 Å². The number of anilines is 1. The molecule has 0 radical (unpaired) electrons. The van der Waals surface area contributed by atoms with Crippen LogP contribution in [0.15, 0.2) is 35.0 Å². The number of hydrogen-bond donors (Lipinski definition) is 1. The molecule has 2 aromatic heterocycles. The molecule has 5 rings (SSSR count). The van der Waals surface area contributed by atoms with Crippen LogP contribution in [0.3, 0.4) is 0 Å². The average Bonchev–Trinajstić information content (AvgIpc) is 3.13. The Morgan fingerprint density at radius 3 is 2.64 bits per heavy atom. The summed E-state index contributed by atoms with van der Waals surface area (Å²) in [5.41, 5.74) is 2.44. The first kappa shape index (κ1) is 17.5. The number of fused-ring (bicyclic) bond motifs is 3.